The Labute approximate surface area is 84.0 Å². The molecule has 4 heteroatoms. The Kier molecular flexibility index (Phi) is 2.84. The third-order valence-electron chi connectivity index (χ3n) is 2.83. The second kappa shape index (κ2) is 4.11. The Hall–Kier alpha value is -0.870. The van der Waals surface area contributed by atoms with Crippen molar-refractivity contribution in [2.45, 2.75) is 25.9 Å². The molecule has 1 aliphatic heterocycles. The third kappa shape index (κ3) is 1.81. The first-order valence-electron chi connectivity index (χ1n) is 5.17. The second-order valence-electron chi connectivity index (χ2n) is 3.78. The number of hydrogen-bond acceptors (Lipinski definition) is 3. The van der Waals surface area contributed by atoms with Gasteiger partial charge in [0.25, 0.3) is 0 Å². The van der Waals surface area contributed by atoms with Crippen LogP contribution in [0.25, 0.3) is 0 Å². The molecule has 2 rings (SSSR count). The molecule has 4 nitrogen and oxygen atoms in total. The van der Waals surface area contributed by atoms with Crippen molar-refractivity contribution in [2.75, 3.05) is 13.2 Å². The Morgan fingerprint density at radius 2 is 2.64 bits per heavy atom. The number of nitrogens with two attached hydrogens (primary N) is 1. The van der Waals surface area contributed by atoms with Crippen LogP contribution in [0.5, 0.6) is 0 Å². The zero-order valence-electron chi connectivity index (χ0n) is 8.52. The molecule has 0 aliphatic carbocycles. The summed E-state index contributed by atoms with van der Waals surface area (Å²) in [6, 6.07) is 0.0813. The van der Waals surface area contributed by atoms with E-state index in [1.165, 1.54) is 0 Å². The predicted molar refractivity (Wildman–Crippen MR) is 53.8 cm³/mol. The normalized spacial score (nSPS) is 24.0. The smallest absolute Gasteiger partial charge is 0.0537 e. The molecule has 1 fully saturated rings. The fourth-order valence-corrected chi connectivity index (χ4v) is 1.83. The molecule has 1 aromatic heterocycles. The molecule has 0 aromatic carbocycles. The summed E-state index contributed by atoms with van der Waals surface area (Å²) in [7, 11) is 0. The number of aryl methyl sites for hydroxylation is 1. The quantitative estimate of drug-likeness (QED) is 0.781. The first-order chi connectivity index (χ1) is 6.81. The molecule has 1 saturated heterocycles. The van der Waals surface area contributed by atoms with Gasteiger partial charge in [-0.3, -0.25) is 4.68 Å². The molecule has 78 valence electrons. The van der Waals surface area contributed by atoms with E-state index < -0.39 is 0 Å². The molecule has 2 N–H and O–H groups in total. The van der Waals surface area contributed by atoms with Gasteiger partial charge in [0.2, 0.25) is 0 Å². The summed E-state index contributed by atoms with van der Waals surface area (Å²) < 4.78 is 7.23. The number of aromatic nitrogens is 2. The van der Waals surface area contributed by atoms with E-state index in [9.17, 15) is 0 Å². The van der Waals surface area contributed by atoms with Crippen LogP contribution in [0.1, 0.15) is 24.9 Å². The van der Waals surface area contributed by atoms with E-state index in [0.717, 1.165) is 31.7 Å². The summed E-state index contributed by atoms with van der Waals surface area (Å²) in [6.07, 6.45) is 4.97. The van der Waals surface area contributed by atoms with Crippen LogP contribution in [0.3, 0.4) is 0 Å². The van der Waals surface area contributed by atoms with Gasteiger partial charge in [-0.05, 0) is 13.3 Å². The van der Waals surface area contributed by atoms with Crippen molar-refractivity contribution in [3.8, 4) is 0 Å². The minimum absolute atomic E-state index is 0.0813. The summed E-state index contributed by atoms with van der Waals surface area (Å²) in [5.41, 5.74) is 7.26. The topological polar surface area (TPSA) is 53.1 Å². The van der Waals surface area contributed by atoms with Gasteiger partial charge < -0.3 is 10.5 Å². The average Bonchev–Trinajstić information content (AvgIpc) is 2.88. The van der Waals surface area contributed by atoms with Crippen molar-refractivity contribution in [3.05, 3.63) is 18.0 Å². The molecular formula is C10H17N3O. The van der Waals surface area contributed by atoms with Crippen LogP contribution in [-0.4, -0.2) is 23.0 Å². The predicted octanol–water partition coefficient (Wildman–Crippen LogP) is 0.939. The number of hydrogen-bond donors (Lipinski definition) is 1. The van der Waals surface area contributed by atoms with Gasteiger partial charge in [-0.2, -0.15) is 5.10 Å². The van der Waals surface area contributed by atoms with Crippen LogP contribution in [0.2, 0.25) is 0 Å². The van der Waals surface area contributed by atoms with Gasteiger partial charge in [0.05, 0.1) is 12.8 Å². The molecule has 1 aliphatic rings. The van der Waals surface area contributed by atoms with E-state index in [2.05, 4.69) is 12.0 Å². The highest BCUT2D eigenvalue weighted by molar-refractivity contribution is 5.11. The molecule has 2 unspecified atom stereocenters. The Morgan fingerprint density at radius 3 is 3.21 bits per heavy atom. The molecule has 2 heterocycles. The van der Waals surface area contributed by atoms with Gasteiger partial charge >= 0.3 is 0 Å². The first kappa shape index (κ1) is 9.68. The maximum atomic E-state index is 6.13. The Bertz CT molecular complexity index is 291. The van der Waals surface area contributed by atoms with Crippen molar-refractivity contribution >= 4 is 0 Å². The molecule has 2 atom stereocenters. The van der Waals surface area contributed by atoms with E-state index in [1.807, 2.05) is 17.1 Å². The van der Waals surface area contributed by atoms with Gasteiger partial charge in [0.1, 0.15) is 0 Å². The van der Waals surface area contributed by atoms with Crippen molar-refractivity contribution in [1.82, 2.24) is 9.78 Å². The molecular weight excluding hydrogens is 178 g/mol. The molecule has 0 bridgehead atoms. The Balaban J connectivity index is 2.05. The second-order valence-corrected chi connectivity index (χ2v) is 3.78. The molecule has 0 spiro atoms. The van der Waals surface area contributed by atoms with Gasteiger partial charge in [0, 0.05) is 36.9 Å². The summed E-state index contributed by atoms with van der Waals surface area (Å²) in [5.74, 6) is 0.463. The number of rotatable bonds is 3. The van der Waals surface area contributed by atoms with Crippen LogP contribution in [-0.2, 0) is 11.3 Å². The molecule has 0 saturated carbocycles. The summed E-state index contributed by atoms with van der Waals surface area (Å²) in [5, 5.41) is 4.22. The number of nitrogens with zero attached hydrogens (tertiary/aromatic N) is 2. The monoisotopic (exact) mass is 195 g/mol. The fourth-order valence-electron chi connectivity index (χ4n) is 1.83. The fraction of sp³-hybridized carbons (Fsp3) is 0.700. The largest absolute Gasteiger partial charge is 0.381 e. The molecule has 0 radical (unpaired) electrons. The van der Waals surface area contributed by atoms with Crippen LogP contribution >= 0.6 is 0 Å². The highest BCUT2D eigenvalue weighted by Gasteiger charge is 2.24. The lowest BCUT2D eigenvalue weighted by molar-refractivity contribution is 0.181. The van der Waals surface area contributed by atoms with Gasteiger partial charge in [-0.25, -0.2) is 0 Å². The minimum atomic E-state index is 0.0813. The highest BCUT2D eigenvalue weighted by atomic mass is 16.5. The van der Waals surface area contributed by atoms with Crippen molar-refractivity contribution in [1.29, 1.82) is 0 Å². The van der Waals surface area contributed by atoms with Crippen molar-refractivity contribution in [3.63, 3.8) is 0 Å². The lowest BCUT2D eigenvalue weighted by Crippen LogP contribution is -2.21. The van der Waals surface area contributed by atoms with Crippen LogP contribution in [0.15, 0.2) is 12.4 Å². The van der Waals surface area contributed by atoms with E-state index >= 15 is 0 Å². The standard InChI is InChI=1S/C10H17N3O/c1-2-13-6-9(5-12-13)10(11)8-3-4-14-7-8/h5-6,8,10H,2-4,7,11H2,1H3. The van der Waals surface area contributed by atoms with E-state index in [1.54, 1.807) is 0 Å². The first-order valence-corrected chi connectivity index (χ1v) is 5.17. The van der Waals surface area contributed by atoms with Crippen LogP contribution in [0, 0.1) is 5.92 Å². The van der Waals surface area contributed by atoms with Crippen LogP contribution in [0.4, 0.5) is 0 Å². The lowest BCUT2D eigenvalue weighted by Gasteiger charge is -2.15. The van der Waals surface area contributed by atoms with E-state index in [0.29, 0.717) is 5.92 Å². The van der Waals surface area contributed by atoms with Gasteiger partial charge in [0.15, 0.2) is 0 Å². The molecule has 1 aromatic rings. The van der Waals surface area contributed by atoms with Gasteiger partial charge in [-0.15, -0.1) is 0 Å². The summed E-state index contributed by atoms with van der Waals surface area (Å²) in [6.45, 7) is 4.60. The molecule has 0 amide bonds. The number of ether oxygens (including phenoxy) is 1. The average molecular weight is 195 g/mol. The molecule has 14 heavy (non-hydrogen) atoms. The third-order valence-corrected chi connectivity index (χ3v) is 2.83. The zero-order chi connectivity index (χ0) is 9.97. The van der Waals surface area contributed by atoms with E-state index in [4.69, 9.17) is 10.5 Å². The Morgan fingerprint density at radius 1 is 1.79 bits per heavy atom. The highest BCUT2D eigenvalue weighted by Crippen LogP contribution is 2.26. The zero-order valence-corrected chi connectivity index (χ0v) is 8.52. The van der Waals surface area contributed by atoms with Gasteiger partial charge in [-0.1, -0.05) is 0 Å². The maximum absolute atomic E-state index is 6.13. The summed E-state index contributed by atoms with van der Waals surface area (Å²) >= 11 is 0. The summed E-state index contributed by atoms with van der Waals surface area (Å²) in [4.78, 5) is 0. The van der Waals surface area contributed by atoms with Crippen molar-refractivity contribution in [2.24, 2.45) is 11.7 Å². The SMILES string of the molecule is CCn1cc(C(N)C2CCOC2)cn1. The maximum Gasteiger partial charge on any atom is 0.0537 e. The van der Waals surface area contributed by atoms with Crippen LogP contribution < -0.4 is 5.73 Å². The lowest BCUT2D eigenvalue weighted by atomic mass is 9.95. The van der Waals surface area contributed by atoms with Crippen molar-refractivity contribution < 1.29 is 4.74 Å². The minimum Gasteiger partial charge on any atom is -0.381 e. The van der Waals surface area contributed by atoms with E-state index in [-0.39, 0.29) is 6.04 Å².